The summed E-state index contributed by atoms with van der Waals surface area (Å²) in [4.78, 5) is 19.5. The van der Waals surface area contributed by atoms with Crippen LogP contribution in [0.25, 0.3) is 0 Å². The van der Waals surface area contributed by atoms with E-state index in [-0.39, 0.29) is 6.03 Å². The van der Waals surface area contributed by atoms with E-state index in [9.17, 15) is 4.79 Å². The van der Waals surface area contributed by atoms with Crippen molar-refractivity contribution in [2.75, 3.05) is 11.9 Å². The van der Waals surface area contributed by atoms with Crippen molar-refractivity contribution < 1.29 is 4.79 Å². The Labute approximate surface area is 126 Å². The summed E-state index contributed by atoms with van der Waals surface area (Å²) in [5, 5.41) is 6.24. The minimum atomic E-state index is -0.305. The third-order valence-electron chi connectivity index (χ3n) is 2.49. The lowest BCUT2D eigenvalue weighted by Gasteiger charge is -2.08. The molecule has 104 valence electrons. The van der Waals surface area contributed by atoms with Crippen molar-refractivity contribution in [1.29, 1.82) is 0 Å². The molecule has 2 rings (SSSR count). The molecule has 0 atom stereocenters. The molecule has 0 unspecified atom stereocenters. The van der Waals surface area contributed by atoms with Crippen molar-refractivity contribution in [3.05, 3.63) is 52.5 Å². The van der Waals surface area contributed by atoms with E-state index in [0.29, 0.717) is 28.7 Å². The van der Waals surface area contributed by atoms with Crippen molar-refractivity contribution in [2.45, 2.75) is 6.42 Å². The van der Waals surface area contributed by atoms with Gasteiger partial charge in [-0.3, -0.25) is 0 Å². The first kappa shape index (κ1) is 14.6. The van der Waals surface area contributed by atoms with Crippen LogP contribution in [0.1, 0.15) is 5.56 Å². The molecule has 0 saturated carbocycles. The average Bonchev–Trinajstić information content (AvgIpc) is 2.44. The Morgan fingerprint density at radius 1 is 1.15 bits per heavy atom. The SMILES string of the molecule is O=C(NCCc1cncnc1)Nc1ccc(Cl)c(Cl)c1. The van der Waals surface area contributed by atoms with Gasteiger partial charge in [-0.1, -0.05) is 23.2 Å². The van der Waals surface area contributed by atoms with E-state index >= 15 is 0 Å². The predicted molar refractivity (Wildman–Crippen MR) is 79.2 cm³/mol. The maximum absolute atomic E-state index is 11.7. The van der Waals surface area contributed by atoms with Crippen LogP contribution in [0.2, 0.25) is 10.0 Å². The molecule has 1 heterocycles. The van der Waals surface area contributed by atoms with Crippen LogP contribution in [0.15, 0.2) is 36.9 Å². The zero-order valence-electron chi connectivity index (χ0n) is 10.4. The van der Waals surface area contributed by atoms with Crippen molar-refractivity contribution in [3.8, 4) is 0 Å². The summed E-state index contributed by atoms with van der Waals surface area (Å²) in [5.41, 5.74) is 1.54. The molecule has 2 aromatic rings. The van der Waals surface area contributed by atoms with Gasteiger partial charge < -0.3 is 10.6 Å². The Morgan fingerprint density at radius 3 is 2.60 bits per heavy atom. The maximum atomic E-state index is 11.7. The number of aromatic nitrogens is 2. The van der Waals surface area contributed by atoms with Gasteiger partial charge in [-0.05, 0) is 30.2 Å². The lowest BCUT2D eigenvalue weighted by molar-refractivity contribution is 0.252. The molecular weight excluding hydrogens is 299 g/mol. The van der Waals surface area contributed by atoms with Crippen LogP contribution in [-0.4, -0.2) is 22.5 Å². The highest BCUT2D eigenvalue weighted by molar-refractivity contribution is 6.42. The number of nitrogens with one attached hydrogen (secondary N) is 2. The van der Waals surface area contributed by atoms with Crippen molar-refractivity contribution in [2.24, 2.45) is 0 Å². The van der Waals surface area contributed by atoms with Gasteiger partial charge >= 0.3 is 6.03 Å². The fourth-order valence-corrected chi connectivity index (χ4v) is 1.83. The van der Waals surface area contributed by atoms with E-state index in [2.05, 4.69) is 20.6 Å². The monoisotopic (exact) mass is 310 g/mol. The standard InChI is InChI=1S/C13H12Cl2N4O/c14-11-2-1-10(5-12(11)15)19-13(20)18-4-3-9-6-16-8-17-7-9/h1-2,5-8H,3-4H2,(H2,18,19,20). The van der Waals surface area contributed by atoms with E-state index in [4.69, 9.17) is 23.2 Å². The Bertz CT molecular complexity index is 592. The van der Waals surface area contributed by atoms with Gasteiger partial charge in [-0.2, -0.15) is 0 Å². The van der Waals surface area contributed by atoms with Gasteiger partial charge in [0.05, 0.1) is 10.0 Å². The fraction of sp³-hybridized carbons (Fsp3) is 0.154. The molecule has 1 aromatic heterocycles. The number of nitrogens with zero attached hydrogens (tertiary/aromatic N) is 2. The van der Waals surface area contributed by atoms with Crippen molar-refractivity contribution in [3.63, 3.8) is 0 Å². The number of halogens is 2. The first-order valence-corrected chi connectivity index (χ1v) is 6.64. The second-order valence-corrected chi connectivity index (χ2v) is 4.82. The summed E-state index contributed by atoms with van der Waals surface area (Å²) < 4.78 is 0. The normalized spacial score (nSPS) is 10.1. The molecule has 0 fully saturated rings. The maximum Gasteiger partial charge on any atom is 0.319 e. The molecule has 5 nitrogen and oxygen atoms in total. The quantitative estimate of drug-likeness (QED) is 0.911. The Kier molecular flexibility index (Phi) is 5.15. The molecular formula is C13H12Cl2N4O. The summed E-state index contributed by atoms with van der Waals surface area (Å²) >= 11 is 11.7. The van der Waals surface area contributed by atoms with Gasteiger partial charge in [-0.15, -0.1) is 0 Å². The lowest BCUT2D eigenvalue weighted by atomic mass is 10.2. The van der Waals surface area contributed by atoms with Crippen molar-refractivity contribution in [1.82, 2.24) is 15.3 Å². The largest absolute Gasteiger partial charge is 0.338 e. The second kappa shape index (κ2) is 7.07. The van der Waals surface area contributed by atoms with Gasteiger partial charge in [0.25, 0.3) is 0 Å². The second-order valence-electron chi connectivity index (χ2n) is 4.01. The van der Waals surface area contributed by atoms with Crippen LogP contribution >= 0.6 is 23.2 Å². The first-order valence-electron chi connectivity index (χ1n) is 5.89. The molecule has 1 aromatic carbocycles. The summed E-state index contributed by atoms with van der Waals surface area (Å²) in [7, 11) is 0. The molecule has 7 heteroatoms. The van der Waals surface area contributed by atoms with Gasteiger partial charge in [0.2, 0.25) is 0 Å². The molecule has 20 heavy (non-hydrogen) atoms. The van der Waals surface area contributed by atoms with Crippen LogP contribution in [0, 0.1) is 0 Å². The molecule has 2 amide bonds. The Morgan fingerprint density at radius 2 is 1.90 bits per heavy atom. The molecule has 0 bridgehead atoms. The number of rotatable bonds is 4. The number of benzene rings is 1. The number of amides is 2. The molecule has 2 N–H and O–H groups in total. The summed E-state index contributed by atoms with van der Waals surface area (Å²) in [6, 6.07) is 4.59. The molecule has 0 aliphatic carbocycles. The lowest BCUT2D eigenvalue weighted by Crippen LogP contribution is -2.30. The summed E-state index contributed by atoms with van der Waals surface area (Å²) in [5.74, 6) is 0. The molecule has 0 radical (unpaired) electrons. The number of hydrogen-bond acceptors (Lipinski definition) is 3. The fourth-order valence-electron chi connectivity index (χ4n) is 1.53. The van der Waals surface area contributed by atoms with Crippen LogP contribution < -0.4 is 10.6 Å². The molecule has 0 aliphatic heterocycles. The Balaban J connectivity index is 1.79. The van der Waals surface area contributed by atoms with Crippen LogP contribution in [0.5, 0.6) is 0 Å². The summed E-state index contributed by atoms with van der Waals surface area (Å²) in [6.07, 6.45) is 5.56. The molecule has 0 saturated heterocycles. The van der Waals surface area contributed by atoms with Crippen LogP contribution in [0.4, 0.5) is 10.5 Å². The molecule has 0 aliphatic rings. The van der Waals surface area contributed by atoms with E-state index in [1.54, 1.807) is 30.6 Å². The topological polar surface area (TPSA) is 66.9 Å². The third-order valence-corrected chi connectivity index (χ3v) is 3.23. The first-order chi connectivity index (χ1) is 9.65. The average molecular weight is 311 g/mol. The van der Waals surface area contributed by atoms with Gasteiger partial charge in [0.1, 0.15) is 6.33 Å². The highest BCUT2D eigenvalue weighted by atomic mass is 35.5. The number of carbonyl (C=O) groups excluding carboxylic acids is 1. The van der Waals surface area contributed by atoms with Crippen molar-refractivity contribution >= 4 is 34.9 Å². The Hall–Kier alpha value is -1.85. The number of hydrogen-bond donors (Lipinski definition) is 2. The van der Waals surface area contributed by atoms with E-state index in [1.807, 2.05) is 0 Å². The smallest absolute Gasteiger partial charge is 0.319 e. The minimum Gasteiger partial charge on any atom is -0.338 e. The van der Waals surface area contributed by atoms with Crippen LogP contribution in [-0.2, 0) is 6.42 Å². The number of carbonyl (C=O) groups is 1. The van der Waals surface area contributed by atoms with Crippen LogP contribution in [0.3, 0.4) is 0 Å². The summed E-state index contributed by atoms with van der Waals surface area (Å²) in [6.45, 7) is 0.487. The van der Waals surface area contributed by atoms with Gasteiger partial charge in [0, 0.05) is 24.6 Å². The van der Waals surface area contributed by atoms with Gasteiger partial charge in [-0.25, -0.2) is 14.8 Å². The number of anilines is 1. The highest BCUT2D eigenvalue weighted by Gasteiger charge is 2.04. The van der Waals surface area contributed by atoms with Gasteiger partial charge in [0.15, 0.2) is 0 Å². The minimum absolute atomic E-state index is 0.305. The highest BCUT2D eigenvalue weighted by Crippen LogP contribution is 2.24. The predicted octanol–water partition coefficient (Wildman–Crippen LogP) is 3.15. The van der Waals surface area contributed by atoms with E-state index in [1.165, 1.54) is 6.33 Å². The zero-order valence-corrected chi connectivity index (χ0v) is 11.9. The van der Waals surface area contributed by atoms with E-state index < -0.39 is 0 Å². The zero-order chi connectivity index (χ0) is 14.4. The number of urea groups is 1. The third kappa shape index (κ3) is 4.36. The molecule has 0 spiro atoms. The van der Waals surface area contributed by atoms with E-state index in [0.717, 1.165) is 5.56 Å².